The van der Waals surface area contributed by atoms with Crippen LogP contribution in [0.4, 0.5) is 10.1 Å². The Labute approximate surface area is 138 Å². The van der Waals surface area contributed by atoms with Gasteiger partial charge in [-0.2, -0.15) is 4.99 Å². The molecule has 1 amide bonds. The summed E-state index contributed by atoms with van der Waals surface area (Å²) in [6.07, 6.45) is 1.32. The minimum Gasteiger partial charge on any atom is -0.320 e. The Hall–Kier alpha value is -2.14. The van der Waals surface area contributed by atoms with Crippen molar-refractivity contribution in [2.45, 2.75) is 18.1 Å². The van der Waals surface area contributed by atoms with Crippen molar-refractivity contribution < 1.29 is 9.18 Å². The zero-order valence-corrected chi connectivity index (χ0v) is 13.2. The fraction of sp³-hybridized carbons (Fsp3) is 0.222. The van der Waals surface area contributed by atoms with E-state index in [4.69, 9.17) is 0 Å². The van der Waals surface area contributed by atoms with Crippen LogP contribution in [0.2, 0.25) is 0 Å². The molecule has 0 bridgehead atoms. The molecule has 0 radical (unpaired) electrons. The number of fused-ring (bicyclic) bond motifs is 1. The molecule has 0 spiro atoms. The van der Waals surface area contributed by atoms with E-state index in [-0.39, 0.29) is 17.0 Å². The molecule has 2 aromatic carbocycles. The molecular weight excluding hydrogens is 311 g/mol. The number of anilines is 1. The molecule has 5 heteroatoms. The summed E-state index contributed by atoms with van der Waals surface area (Å²) in [7, 11) is 0. The van der Waals surface area contributed by atoms with Gasteiger partial charge in [0.1, 0.15) is 5.82 Å². The van der Waals surface area contributed by atoms with Crippen molar-refractivity contribution >= 4 is 28.5 Å². The van der Waals surface area contributed by atoms with Crippen LogP contribution in [0.1, 0.15) is 22.8 Å². The molecule has 2 heterocycles. The molecule has 0 fully saturated rings. The number of halogens is 1. The number of benzene rings is 2. The number of nitrogens with zero attached hydrogens (tertiary/aromatic N) is 2. The van der Waals surface area contributed by atoms with E-state index in [2.05, 4.69) is 22.0 Å². The minimum absolute atomic E-state index is 0.0108. The summed E-state index contributed by atoms with van der Waals surface area (Å²) in [5, 5.41) is 0.740. The van der Waals surface area contributed by atoms with E-state index in [0.717, 1.165) is 29.4 Å². The van der Waals surface area contributed by atoms with Gasteiger partial charge in [-0.15, -0.1) is 0 Å². The van der Waals surface area contributed by atoms with Crippen molar-refractivity contribution in [3.63, 3.8) is 0 Å². The first-order valence-electron chi connectivity index (χ1n) is 7.60. The Balaban J connectivity index is 1.63. The van der Waals surface area contributed by atoms with Crippen LogP contribution in [-0.2, 0) is 11.2 Å². The van der Waals surface area contributed by atoms with Gasteiger partial charge in [0, 0.05) is 23.9 Å². The highest BCUT2D eigenvalue weighted by molar-refractivity contribution is 8.14. The molecule has 0 N–H and O–H groups in total. The van der Waals surface area contributed by atoms with E-state index >= 15 is 0 Å². The lowest BCUT2D eigenvalue weighted by molar-refractivity contribution is -0.117. The van der Waals surface area contributed by atoms with Crippen molar-refractivity contribution in [3.8, 4) is 0 Å². The summed E-state index contributed by atoms with van der Waals surface area (Å²) in [6.45, 7) is 0.842. The van der Waals surface area contributed by atoms with Crippen LogP contribution >= 0.6 is 11.8 Å². The van der Waals surface area contributed by atoms with Gasteiger partial charge in [-0.3, -0.25) is 4.79 Å². The molecule has 116 valence electrons. The SMILES string of the molecule is O=C1C[C@H](c2ccc(F)cc2)SC(N2CCc3ccccc32)=N1. The fourth-order valence-electron chi connectivity index (χ4n) is 3.03. The summed E-state index contributed by atoms with van der Waals surface area (Å²) in [5.74, 6) is -0.374. The van der Waals surface area contributed by atoms with Gasteiger partial charge in [-0.1, -0.05) is 42.1 Å². The second-order valence-corrected chi connectivity index (χ2v) is 6.85. The van der Waals surface area contributed by atoms with Crippen molar-refractivity contribution in [3.05, 3.63) is 65.5 Å². The molecule has 0 saturated heterocycles. The molecule has 0 aromatic heterocycles. The average molecular weight is 326 g/mol. The van der Waals surface area contributed by atoms with Crippen LogP contribution in [0.25, 0.3) is 0 Å². The van der Waals surface area contributed by atoms with Crippen LogP contribution in [0, 0.1) is 5.82 Å². The van der Waals surface area contributed by atoms with Crippen molar-refractivity contribution in [2.75, 3.05) is 11.4 Å². The van der Waals surface area contributed by atoms with Gasteiger partial charge in [0.2, 0.25) is 5.91 Å². The minimum atomic E-state index is -0.261. The van der Waals surface area contributed by atoms with E-state index in [1.54, 1.807) is 23.9 Å². The van der Waals surface area contributed by atoms with Gasteiger partial charge >= 0.3 is 0 Å². The maximum absolute atomic E-state index is 13.1. The van der Waals surface area contributed by atoms with Gasteiger partial charge in [0.15, 0.2) is 5.17 Å². The van der Waals surface area contributed by atoms with Crippen LogP contribution in [0.15, 0.2) is 53.5 Å². The molecule has 2 aliphatic rings. The topological polar surface area (TPSA) is 32.7 Å². The number of carbonyl (C=O) groups is 1. The Morgan fingerprint density at radius 1 is 1.13 bits per heavy atom. The first-order chi connectivity index (χ1) is 11.2. The number of carbonyl (C=O) groups excluding carboxylic acids is 1. The molecular formula is C18H15FN2OS. The first kappa shape index (κ1) is 14.5. The summed E-state index contributed by atoms with van der Waals surface area (Å²) in [5.41, 5.74) is 3.38. The van der Waals surface area contributed by atoms with Crippen LogP contribution < -0.4 is 4.90 Å². The van der Waals surface area contributed by atoms with Crippen molar-refractivity contribution in [1.29, 1.82) is 0 Å². The van der Waals surface area contributed by atoms with Gasteiger partial charge < -0.3 is 4.90 Å². The zero-order chi connectivity index (χ0) is 15.8. The lowest BCUT2D eigenvalue weighted by Crippen LogP contribution is -2.30. The van der Waals surface area contributed by atoms with E-state index in [9.17, 15) is 9.18 Å². The predicted octanol–water partition coefficient (Wildman–Crippen LogP) is 3.95. The van der Waals surface area contributed by atoms with Crippen molar-refractivity contribution in [2.24, 2.45) is 4.99 Å². The summed E-state index contributed by atoms with van der Waals surface area (Å²) >= 11 is 1.59. The first-order valence-corrected chi connectivity index (χ1v) is 8.48. The maximum Gasteiger partial charge on any atom is 0.249 e. The third-order valence-electron chi connectivity index (χ3n) is 4.19. The van der Waals surface area contributed by atoms with Gasteiger partial charge in [-0.05, 0) is 35.7 Å². The molecule has 0 unspecified atom stereocenters. The van der Waals surface area contributed by atoms with Crippen LogP contribution in [0.5, 0.6) is 0 Å². The number of aliphatic imine (C=N–C) groups is 1. The number of hydrogen-bond donors (Lipinski definition) is 0. The average Bonchev–Trinajstić information content (AvgIpc) is 2.99. The Bertz CT molecular complexity index is 788. The molecule has 0 saturated carbocycles. The van der Waals surface area contributed by atoms with Crippen molar-refractivity contribution in [1.82, 2.24) is 0 Å². The molecule has 3 nitrogen and oxygen atoms in total. The summed E-state index contributed by atoms with van der Waals surface area (Å²) in [6, 6.07) is 14.6. The largest absolute Gasteiger partial charge is 0.320 e. The lowest BCUT2D eigenvalue weighted by Gasteiger charge is -2.27. The number of thioether (sulfide) groups is 1. The molecule has 23 heavy (non-hydrogen) atoms. The highest BCUT2D eigenvalue weighted by atomic mass is 32.2. The molecule has 1 atom stereocenters. The predicted molar refractivity (Wildman–Crippen MR) is 91.3 cm³/mol. The second kappa shape index (κ2) is 5.81. The molecule has 2 aromatic rings. The van der Waals surface area contributed by atoms with E-state index < -0.39 is 0 Å². The highest BCUT2D eigenvalue weighted by Crippen LogP contribution is 2.40. The smallest absolute Gasteiger partial charge is 0.249 e. The Morgan fingerprint density at radius 3 is 2.74 bits per heavy atom. The molecule has 0 aliphatic carbocycles. The van der Waals surface area contributed by atoms with E-state index in [1.807, 2.05) is 12.1 Å². The highest BCUT2D eigenvalue weighted by Gasteiger charge is 2.31. The van der Waals surface area contributed by atoms with Gasteiger partial charge in [0.25, 0.3) is 0 Å². The number of para-hydroxylation sites is 1. The molecule has 2 aliphatic heterocycles. The molecule has 4 rings (SSSR count). The van der Waals surface area contributed by atoms with Gasteiger partial charge in [-0.25, -0.2) is 4.39 Å². The standard InChI is InChI=1S/C18H15FN2OS/c19-14-7-5-13(6-8-14)16-11-17(22)20-18(23-16)21-10-9-12-3-1-2-4-15(12)21/h1-8,16H,9-11H2/t16-/m1/s1. The Morgan fingerprint density at radius 2 is 1.91 bits per heavy atom. The van der Waals surface area contributed by atoms with E-state index in [1.165, 1.54) is 17.7 Å². The second-order valence-electron chi connectivity index (χ2n) is 5.68. The van der Waals surface area contributed by atoms with Crippen LogP contribution in [-0.4, -0.2) is 17.6 Å². The van der Waals surface area contributed by atoms with E-state index in [0.29, 0.717) is 6.42 Å². The fourth-order valence-corrected chi connectivity index (χ4v) is 4.28. The maximum atomic E-state index is 13.1. The third kappa shape index (κ3) is 2.77. The number of amidine groups is 1. The number of amides is 1. The zero-order valence-electron chi connectivity index (χ0n) is 12.4. The Kier molecular flexibility index (Phi) is 3.65. The van der Waals surface area contributed by atoms with Crippen LogP contribution in [0.3, 0.4) is 0 Å². The number of hydrogen-bond acceptors (Lipinski definition) is 3. The normalized spacial score (nSPS) is 20.4. The monoisotopic (exact) mass is 326 g/mol. The quantitative estimate of drug-likeness (QED) is 0.795. The number of rotatable bonds is 1. The summed E-state index contributed by atoms with van der Waals surface area (Å²) in [4.78, 5) is 18.5. The lowest BCUT2D eigenvalue weighted by atomic mass is 10.1. The third-order valence-corrected chi connectivity index (χ3v) is 5.43. The van der Waals surface area contributed by atoms with Gasteiger partial charge in [0.05, 0.1) is 0 Å². The summed E-state index contributed by atoms with van der Waals surface area (Å²) < 4.78 is 13.1.